The number of ether oxygens (including phenoxy) is 1. The maximum atomic E-state index is 13.0. The summed E-state index contributed by atoms with van der Waals surface area (Å²) in [6.07, 6.45) is 0.379. The monoisotopic (exact) mass is 466 g/mol. The highest BCUT2D eigenvalue weighted by atomic mass is 16.5. The van der Waals surface area contributed by atoms with E-state index in [1.165, 1.54) is 22.8 Å². The molecule has 10 nitrogen and oxygen atoms in total. The Hall–Kier alpha value is -4.08. The van der Waals surface area contributed by atoms with Crippen LogP contribution in [-0.4, -0.2) is 44.7 Å². The van der Waals surface area contributed by atoms with Gasteiger partial charge in [0.25, 0.3) is 11.5 Å². The Morgan fingerprint density at radius 3 is 2.59 bits per heavy atom. The van der Waals surface area contributed by atoms with Crippen LogP contribution in [0.2, 0.25) is 0 Å². The van der Waals surface area contributed by atoms with Crippen molar-refractivity contribution in [1.82, 2.24) is 14.3 Å². The zero-order chi connectivity index (χ0) is 24.4. The molecule has 2 atom stereocenters. The van der Waals surface area contributed by atoms with Gasteiger partial charge >= 0.3 is 5.97 Å². The van der Waals surface area contributed by atoms with E-state index in [0.29, 0.717) is 17.1 Å². The van der Waals surface area contributed by atoms with Gasteiger partial charge in [-0.3, -0.25) is 23.9 Å². The van der Waals surface area contributed by atoms with Crippen molar-refractivity contribution in [1.29, 1.82) is 0 Å². The van der Waals surface area contributed by atoms with Crippen molar-refractivity contribution < 1.29 is 23.5 Å². The van der Waals surface area contributed by atoms with E-state index >= 15 is 0 Å². The lowest BCUT2D eigenvalue weighted by Crippen LogP contribution is -2.34. The molecule has 3 aromatic rings. The number of carbonyl (C=O) groups is 3. The van der Waals surface area contributed by atoms with Crippen molar-refractivity contribution in [3.63, 3.8) is 0 Å². The Labute approximate surface area is 195 Å². The van der Waals surface area contributed by atoms with Crippen LogP contribution in [0, 0.1) is 12.8 Å². The van der Waals surface area contributed by atoms with Gasteiger partial charge in [-0.05, 0) is 38.1 Å². The molecule has 1 saturated heterocycles. The topological polar surface area (TPSA) is 116 Å². The number of para-hydroxylation sites is 1. The average Bonchev–Trinajstić information content (AvgIpc) is 3.51. The minimum atomic E-state index is -1.15. The van der Waals surface area contributed by atoms with Crippen molar-refractivity contribution in [2.75, 3.05) is 11.9 Å². The van der Waals surface area contributed by atoms with Crippen molar-refractivity contribution in [3.05, 3.63) is 70.5 Å². The minimum Gasteiger partial charge on any atom is -0.467 e. The first-order valence-corrected chi connectivity index (χ1v) is 10.9. The van der Waals surface area contributed by atoms with Crippen LogP contribution < -0.4 is 10.9 Å². The standard InChI is InChI=1S/C24H26N4O6/c1-15-21(23(31)28(26(15)3)18-8-5-4-6-9-18)25-22(30)16(2)34-24(32)17-12-20(29)27(13-17)14-19-10-7-11-33-19/h4-11,16-17H,12-14H2,1-3H3,(H,25,30)/t16-,17+/m1/s1. The van der Waals surface area contributed by atoms with Crippen LogP contribution >= 0.6 is 0 Å². The first-order chi connectivity index (χ1) is 16.3. The van der Waals surface area contributed by atoms with E-state index in [-0.39, 0.29) is 31.1 Å². The molecule has 1 aromatic carbocycles. The summed E-state index contributed by atoms with van der Waals surface area (Å²) in [6, 6.07) is 12.5. The number of nitrogens with zero attached hydrogens (tertiary/aromatic N) is 3. The molecule has 0 unspecified atom stereocenters. The molecular weight excluding hydrogens is 440 g/mol. The predicted octanol–water partition coefficient (Wildman–Crippen LogP) is 2.00. The van der Waals surface area contributed by atoms with Gasteiger partial charge in [-0.2, -0.15) is 0 Å². The number of nitrogens with one attached hydrogen (secondary N) is 1. The molecule has 0 aliphatic carbocycles. The lowest BCUT2D eigenvalue weighted by Gasteiger charge is -2.17. The highest BCUT2D eigenvalue weighted by Gasteiger charge is 2.37. The number of esters is 1. The zero-order valence-corrected chi connectivity index (χ0v) is 19.2. The molecule has 3 heterocycles. The van der Waals surface area contributed by atoms with E-state index in [2.05, 4.69) is 5.32 Å². The normalized spacial score (nSPS) is 16.5. The average molecular weight is 466 g/mol. The van der Waals surface area contributed by atoms with E-state index in [4.69, 9.17) is 9.15 Å². The van der Waals surface area contributed by atoms with Crippen LogP contribution in [0.3, 0.4) is 0 Å². The molecule has 1 N–H and O–H groups in total. The molecule has 178 valence electrons. The van der Waals surface area contributed by atoms with Gasteiger partial charge in [0.1, 0.15) is 11.4 Å². The molecule has 2 amide bonds. The third-order valence-corrected chi connectivity index (χ3v) is 5.94. The predicted molar refractivity (Wildman–Crippen MR) is 122 cm³/mol. The van der Waals surface area contributed by atoms with Gasteiger partial charge in [0.05, 0.1) is 30.1 Å². The second-order valence-electron chi connectivity index (χ2n) is 8.26. The van der Waals surface area contributed by atoms with Crippen LogP contribution in [0.4, 0.5) is 5.69 Å². The molecule has 0 bridgehead atoms. The highest BCUT2D eigenvalue weighted by Crippen LogP contribution is 2.22. The third-order valence-electron chi connectivity index (χ3n) is 5.94. The summed E-state index contributed by atoms with van der Waals surface area (Å²) < 4.78 is 13.7. The van der Waals surface area contributed by atoms with E-state index in [9.17, 15) is 19.2 Å². The molecule has 1 aliphatic rings. The van der Waals surface area contributed by atoms with Crippen molar-refractivity contribution in [2.24, 2.45) is 13.0 Å². The Morgan fingerprint density at radius 1 is 1.18 bits per heavy atom. The van der Waals surface area contributed by atoms with E-state index < -0.39 is 29.5 Å². The fourth-order valence-corrected chi connectivity index (χ4v) is 3.93. The quantitative estimate of drug-likeness (QED) is 0.533. The summed E-state index contributed by atoms with van der Waals surface area (Å²) in [5, 5.41) is 2.59. The van der Waals surface area contributed by atoms with Gasteiger partial charge in [-0.1, -0.05) is 18.2 Å². The van der Waals surface area contributed by atoms with Gasteiger partial charge in [0, 0.05) is 20.0 Å². The van der Waals surface area contributed by atoms with Crippen LogP contribution in [0.15, 0.2) is 57.9 Å². The maximum Gasteiger partial charge on any atom is 0.312 e. The number of hydrogen-bond acceptors (Lipinski definition) is 6. The molecule has 4 rings (SSSR count). The van der Waals surface area contributed by atoms with Crippen molar-refractivity contribution in [3.8, 4) is 5.69 Å². The van der Waals surface area contributed by atoms with Gasteiger partial charge in [-0.15, -0.1) is 0 Å². The maximum absolute atomic E-state index is 13.0. The summed E-state index contributed by atoms with van der Waals surface area (Å²) in [5.41, 5.74) is 0.923. The third kappa shape index (κ3) is 4.52. The molecule has 1 aliphatic heterocycles. The molecule has 1 fully saturated rings. The zero-order valence-electron chi connectivity index (χ0n) is 19.2. The summed E-state index contributed by atoms with van der Waals surface area (Å²) in [6.45, 7) is 3.60. The number of likely N-dealkylation sites (tertiary alicyclic amines) is 1. The number of carbonyl (C=O) groups excluding carboxylic acids is 3. The lowest BCUT2D eigenvalue weighted by molar-refractivity contribution is -0.157. The number of anilines is 1. The Balaban J connectivity index is 1.39. The number of rotatable bonds is 7. The summed E-state index contributed by atoms with van der Waals surface area (Å²) in [5.74, 6) is -1.50. The van der Waals surface area contributed by atoms with Gasteiger partial charge in [0.2, 0.25) is 5.91 Å². The number of aromatic nitrogens is 2. The molecule has 0 spiro atoms. The Morgan fingerprint density at radius 2 is 1.91 bits per heavy atom. The number of benzene rings is 1. The smallest absolute Gasteiger partial charge is 0.312 e. The van der Waals surface area contributed by atoms with Crippen LogP contribution in [-0.2, 0) is 32.7 Å². The summed E-state index contributed by atoms with van der Waals surface area (Å²) in [4.78, 5) is 52.1. The second kappa shape index (κ2) is 9.42. The molecular formula is C24H26N4O6. The number of furan rings is 1. The fourth-order valence-electron chi connectivity index (χ4n) is 3.93. The van der Waals surface area contributed by atoms with Crippen LogP contribution in [0.5, 0.6) is 0 Å². The van der Waals surface area contributed by atoms with Crippen LogP contribution in [0.25, 0.3) is 5.69 Å². The summed E-state index contributed by atoms with van der Waals surface area (Å²) in [7, 11) is 1.72. The molecule has 0 saturated carbocycles. The number of hydrogen-bond donors (Lipinski definition) is 1. The Kier molecular flexibility index (Phi) is 6.40. The molecule has 34 heavy (non-hydrogen) atoms. The van der Waals surface area contributed by atoms with Crippen molar-refractivity contribution >= 4 is 23.5 Å². The minimum absolute atomic E-state index is 0.00740. The fraction of sp³-hybridized carbons (Fsp3) is 0.333. The SMILES string of the molecule is Cc1c(NC(=O)[C@@H](C)OC(=O)[C@H]2CC(=O)N(Cc3ccco3)C2)c(=O)n(-c2ccccc2)n1C. The lowest BCUT2D eigenvalue weighted by atomic mass is 10.1. The molecule has 10 heteroatoms. The van der Waals surface area contributed by atoms with Gasteiger partial charge in [0.15, 0.2) is 6.10 Å². The largest absolute Gasteiger partial charge is 0.467 e. The second-order valence-corrected chi connectivity index (χ2v) is 8.26. The van der Waals surface area contributed by atoms with E-state index in [1.807, 2.05) is 18.2 Å². The van der Waals surface area contributed by atoms with Gasteiger partial charge < -0.3 is 19.4 Å². The molecule has 2 aromatic heterocycles. The van der Waals surface area contributed by atoms with Crippen molar-refractivity contribution in [2.45, 2.75) is 32.9 Å². The molecule has 0 radical (unpaired) electrons. The Bertz CT molecular complexity index is 1260. The highest BCUT2D eigenvalue weighted by molar-refractivity contribution is 5.96. The first kappa shape index (κ1) is 23.1. The van der Waals surface area contributed by atoms with E-state index in [1.54, 1.807) is 42.9 Å². The first-order valence-electron chi connectivity index (χ1n) is 10.9. The number of amides is 2. The summed E-state index contributed by atoms with van der Waals surface area (Å²) >= 11 is 0. The van der Waals surface area contributed by atoms with Crippen LogP contribution in [0.1, 0.15) is 24.8 Å². The van der Waals surface area contributed by atoms with Gasteiger partial charge in [-0.25, -0.2) is 4.68 Å². The van der Waals surface area contributed by atoms with E-state index in [0.717, 1.165) is 0 Å².